The molecule has 0 amide bonds. The Bertz CT molecular complexity index is 184. The first-order valence-electron chi connectivity index (χ1n) is 7.22. The van der Waals surface area contributed by atoms with Crippen molar-refractivity contribution in [2.45, 2.75) is 120 Å². The van der Waals surface area contributed by atoms with Crippen LogP contribution >= 0.6 is 0 Å². The maximum Gasteiger partial charge on any atom is -0.0356 e. The van der Waals surface area contributed by atoms with E-state index >= 15 is 0 Å². The van der Waals surface area contributed by atoms with Crippen molar-refractivity contribution in [3.05, 3.63) is 75.9 Å². The first-order valence-corrected chi connectivity index (χ1v) is 7.22. The standard InChI is InChI=1S/C6H10.C5H10.C4H8.C3H6.C2H4.9CH4/c1-3-5-6-4-2;1-3-5-4-2;1-3-4-2;1-3-2;1-2;;;;;;;;;/h3,5-6H,1,4H2,2H3;3H,1,4-5H2,2H3;3H,1,4H2,2H3;3H,1H2,2H3;1-2H2;9*1H4/b6-5+;;;;;;;;;;;;;. The molecule has 0 heterocycles. The van der Waals surface area contributed by atoms with Crippen molar-refractivity contribution in [1.29, 1.82) is 0 Å². The summed E-state index contributed by atoms with van der Waals surface area (Å²) in [4.78, 5) is 0. The van der Waals surface area contributed by atoms with Crippen molar-refractivity contribution < 1.29 is 0 Å². The van der Waals surface area contributed by atoms with Crippen LogP contribution in [0.3, 0.4) is 0 Å². The van der Waals surface area contributed by atoms with Gasteiger partial charge in [-0.3, -0.25) is 0 Å². The predicted octanol–water partition coefficient (Wildman–Crippen LogP) is 13.4. The molecule has 0 nitrogen and oxygen atoms in total. The number of hydrogen-bond acceptors (Lipinski definition) is 0. The molecule has 0 saturated heterocycles. The van der Waals surface area contributed by atoms with Gasteiger partial charge in [-0.05, 0) is 26.2 Å². The van der Waals surface area contributed by atoms with E-state index in [1.165, 1.54) is 6.42 Å². The van der Waals surface area contributed by atoms with Gasteiger partial charge in [0.1, 0.15) is 0 Å². The van der Waals surface area contributed by atoms with Gasteiger partial charge in [-0.1, -0.05) is 137 Å². The van der Waals surface area contributed by atoms with Crippen LogP contribution in [0.15, 0.2) is 75.9 Å². The molecule has 0 aromatic carbocycles. The summed E-state index contributed by atoms with van der Waals surface area (Å²) in [6.07, 6.45) is 15.9. The highest BCUT2D eigenvalue weighted by Gasteiger charge is 1.61. The zero-order chi connectivity index (χ0) is 17.1. The summed E-state index contributed by atoms with van der Waals surface area (Å²) in [5.74, 6) is 0. The minimum atomic E-state index is 0. The van der Waals surface area contributed by atoms with Crippen LogP contribution in [0.25, 0.3) is 0 Å². The number of hydrogen-bond donors (Lipinski definition) is 0. The highest BCUT2D eigenvalue weighted by molar-refractivity contribution is 4.96. The molecule has 0 aliphatic carbocycles. The Morgan fingerprint density at radius 3 is 0.897 bits per heavy atom. The third-order valence-corrected chi connectivity index (χ3v) is 1.29. The lowest BCUT2D eigenvalue weighted by atomic mass is 10.3. The summed E-state index contributed by atoms with van der Waals surface area (Å²) >= 11 is 0. The number of allylic oxidation sites excluding steroid dienone is 6. The van der Waals surface area contributed by atoms with Gasteiger partial charge < -0.3 is 0 Å². The summed E-state index contributed by atoms with van der Waals surface area (Å²) in [6.45, 7) is 28.1. The van der Waals surface area contributed by atoms with Crippen LogP contribution in [0.1, 0.15) is 120 Å². The fourth-order valence-electron chi connectivity index (χ4n) is 0.436. The second-order valence-electron chi connectivity index (χ2n) is 3.25. The SMILES string of the molecule is C.C.C.C.C.C.C.C.C.C=C.C=C/C=C/CC.C=CC.C=CCC.C=CCCC. The van der Waals surface area contributed by atoms with Gasteiger partial charge >= 0.3 is 0 Å². The lowest BCUT2D eigenvalue weighted by Crippen LogP contribution is -1.52. The summed E-state index contributed by atoms with van der Waals surface area (Å²) in [5, 5.41) is 0. The van der Waals surface area contributed by atoms with Crippen molar-refractivity contribution in [1.82, 2.24) is 0 Å². The fourth-order valence-corrected chi connectivity index (χ4v) is 0.436. The molecule has 0 spiro atoms. The number of rotatable bonds is 5. The molecule has 0 aromatic heterocycles. The summed E-state index contributed by atoms with van der Waals surface area (Å²) < 4.78 is 0. The first-order chi connectivity index (χ1) is 9.66. The molecule has 0 N–H and O–H groups in total. The fraction of sp³-hybridized carbons (Fsp3) is 0.586. The molecule has 0 fully saturated rings. The van der Waals surface area contributed by atoms with Gasteiger partial charge in [-0.15, -0.1) is 32.9 Å². The van der Waals surface area contributed by atoms with E-state index in [2.05, 4.69) is 66.3 Å². The Labute approximate surface area is 196 Å². The van der Waals surface area contributed by atoms with E-state index in [0.717, 1.165) is 19.3 Å². The lowest BCUT2D eigenvalue weighted by Gasteiger charge is -1.72. The van der Waals surface area contributed by atoms with Crippen molar-refractivity contribution in [2.75, 3.05) is 0 Å². The van der Waals surface area contributed by atoms with Gasteiger partial charge in [0.05, 0.1) is 0 Å². The summed E-state index contributed by atoms with van der Waals surface area (Å²) in [6, 6.07) is 0. The Balaban J connectivity index is -0.00000000773. The second-order valence-corrected chi connectivity index (χ2v) is 3.25. The van der Waals surface area contributed by atoms with Gasteiger partial charge in [0.2, 0.25) is 0 Å². The lowest BCUT2D eigenvalue weighted by molar-refractivity contribution is 0.961. The molecule has 190 valence electrons. The number of unbranched alkanes of at least 4 members (excludes halogenated alkanes) is 1. The topological polar surface area (TPSA) is 0 Å². The second kappa shape index (κ2) is 240. The van der Waals surface area contributed by atoms with Gasteiger partial charge in [0.15, 0.2) is 0 Å². The Morgan fingerprint density at radius 2 is 0.862 bits per heavy atom. The Morgan fingerprint density at radius 1 is 0.586 bits per heavy atom. The molecule has 0 unspecified atom stereocenters. The van der Waals surface area contributed by atoms with Gasteiger partial charge in [0, 0.05) is 0 Å². The third kappa shape index (κ3) is 801. The van der Waals surface area contributed by atoms with E-state index in [-0.39, 0.29) is 66.8 Å². The zero-order valence-electron chi connectivity index (χ0n) is 14.5. The van der Waals surface area contributed by atoms with Crippen LogP contribution in [-0.2, 0) is 0 Å². The van der Waals surface area contributed by atoms with Crippen molar-refractivity contribution in [3.8, 4) is 0 Å². The first kappa shape index (κ1) is 106. The molecule has 0 saturated carbocycles. The van der Waals surface area contributed by atoms with Crippen LogP contribution in [0.4, 0.5) is 0 Å². The van der Waals surface area contributed by atoms with Crippen LogP contribution in [0.2, 0.25) is 0 Å². The van der Waals surface area contributed by atoms with Crippen LogP contribution < -0.4 is 0 Å². The molecule has 29 heavy (non-hydrogen) atoms. The molecule has 0 aliphatic rings. The molecule has 0 heteroatoms. The molecule has 0 atom stereocenters. The minimum absolute atomic E-state index is 0. The van der Waals surface area contributed by atoms with E-state index < -0.39 is 0 Å². The average Bonchev–Trinajstić information content (AvgIpc) is 2.49. The summed E-state index contributed by atoms with van der Waals surface area (Å²) in [5.41, 5.74) is 0. The maximum absolute atomic E-state index is 3.55. The van der Waals surface area contributed by atoms with Crippen LogP contribution in [0.5, 0.6) is 0 Å². The molecule has 0 radical (unpaired) electrons. The normalized spacial score (nSPS) is 4.69. The summed E-state index contributed by atoms with van der Waals surface area (Å²) in [7, 11) is 0. The smallest absolute Gasteiger partial charge is 0.0356 e. The van der Waals surface area contributed by atoms with E-state index in [9.17, 15) is 0 Å². The average molecular weight is 423 g/mol. The van der Waals surface area contributed by atoms with Crippen molar-refractivity contribution in [2.24, 2.45) is 0 Å². The Kier molecular flexibility index (Phi) is 880. The molecular formula is C29H74. The van der Waals surface area contributed by atoms with E-state index in [1.54, 1.807) is 12.2 Å². The van der Waals surface area contributed by atoms with Crippen LogP contribution in [-0.4, -0.2) is 0 Å². The molecule has 0 rings (SSSR count). The molecule has 0 aromatic rings. The van der Waals surface area contributed by atoms with Gasteiger partial charge in [-0.25, -0.2) is 0 Å². The van der Waals surface area contributed by atoms with E-state index in [0.29, 0.717) is 0 Å². The van der Waals surface area contributed by atoms with E-state index in [4.69, 9.17) is 0 Å². The molecular weight excluding hydrogens is 348 g/mol. The largest absolute Gasteiger partial charge is 0.106 e. The van der Waals surface area contributed by atoms with Crippen molar-refractivity contribution >= 4 is 0 Å². The minimum Gasteiger partial charge on any atom is -0.106 e. The predicted molar refractivity (Wildman–Crippen MR) is 163 cm³/mol. The van der Waals surface area contributed by atoms with E-state index in [1.807, 2.05) is 25.2 Å². The zero-order valence-corrected chi connectivity index (χ0v) is 14.5. The quantitative estimate of drug-likeness (QED) is 0.305. The Hall–Kier alpha value is -1.56. The van der Waals surface area contributed by atoms with Gasteiger partial charge in [-0.2, -0.15) is 0 Å². The van der Waals surface area contributed by atoms with Crippen molar-refractivity contribution in [3.63, 3.8) is 0 Å². The van der Waals surface area contributed by atoms with Gasteiger partial charge in [0.25, 0.3) is 0 Å². The monoisotopic (exact) mass is 423 g/mol. The highest BCUT2D eigenvalue weighted by Crippen LogP contribution is 1.82. The van der Waals surface area contributed by atoms with Crippen LogP contribution in [0, 0.1) is 0 Å². The highest BCUT2D eigenvalue weighted by atomic mass is 13.7. The molecule has 0 aliphatic heterocycles. The third-order valence-electron chi connectivity index (χ3n) is 1.29. The maximum atomic E-state index is 3.55. The molecule has 0 bridgehead atoms.